The van der Waals surface area contributed by atoms with E-state index in [0.717, 1.165) is 0 Å². The highest BCUT2D eigenvalue weighted by Crippen LogP contribution is 2.28. The molecule has 0 radical (unpaired) electrons. The molecular formula is C20H23NO6. The van der Waals surface area contributed by atoms with E-state index in [1.807, 2.05) is 13.8 Å². The van der Waals surface area contributed by atoms with Crippen LogP contribution in [0.1, 0.15) is 24.2 Å². The molecule has 0 aromatic heterocycles. The van der Waals surface area contributed by atoms with Gasteiger partial charge in [-0.1, -0.05) is 0 Å². The number of ether oxygens (including phenoxy) is 3. The Morgan fingerprint density at radius 1 is 1.07 bits per heavy atom. The van der Waals surface area contributed by atoms with Gasteiger partial charge >= 0.3 is 5.97 Å². The van der Waals surface area contributed by atoms with Crippen molar-refractivity contribution < 1.29 is 28.9 Å². The first-order valence-electron chi connectivity index (χ1n) is 8.39. The number of aliphatic carboxylic acids is 1. The van der Waals surface area contributed by atoms with Crippen molar-refractivity contribution in [2.45, 2.75) is 20.0 Å². The number of hydrogen-bond acceptors (Lipinski definition) is 5. The van der Waals surface area contributed by atoms with Crippen molar-refractivity contribution >= 4 is 17.6 Å². The van der Waals surface area contributed by atoms with Gasteiger partial charge < -0.3 is 24.2 Å². The SMILES string of the molecule is COc1ccc(C(=O)N(C)c2ccc(OCC(=O)O)cc2)c(OC(C)C)c1. The number of amides is 1. The van der Waals surface area contributed by atoms with Crippen LogP contribution >= 0.6 is 0 Å². The summed E-state index contributed by atoms with van der Waals surface area (Å²) in [5.74, 6) is 0.166. The third kappa shape index (κ3) is 5.37. The van der Waals surface area contributed by atoms with Crippen LogP contribution in [0.3, 0.4) is 0 Å². The highest BCUT2D eigenvalue weighted by Gasteiger charge is 2.20. The fourth-order valence-corrected chi connectivity index (χ4v) is 2.37. The number of carboxylic acids is 1. The predicted octanol–water partition coefficient (Wildman–Crippen LogP) is 3.22. The van der Waals surface area contributed by atoms with E-state index in [0.29, 0.717) is 28.5 Å². The Bertz CT molecular complexity index is 801. The lowest BCUT2D eigenvalue weighted by Crippen LogP contribution is -2.27. The minimum Gasteiger partial charge on any atom is -0.497 e. The predicted molar refractivity (Wildman–Crippen MR) is 101 cm³/mol. The van der Waals surface area contributed by atoms with Gasteiger partial charge in [0.1, 0.15) is 17.2 Å². The van der Waals surface area contributed by atoms with Crippen molar-refractivity contribution in [3.05, 3.63) is 48.0 Å². The van der Waals surface area contributed by atoms with Crippen molar-refractivity contribution in [1.82, 2.24) is 0 Å². The number of carbonyl (C=O) groups excluding carboxylic acids is 1. The average Bonchev–Trinajstić information content (AvgIpc) is 2.65. The van der Waals surface area contributed by atoms with Crippen LogP contribution in [0.5, 0.6) is 17.2 Å². The summed E-state index contributed by atoms with van der Waals surface area (Å²) >= 11 is 0. The molecule has 144 valence electrons. The number of carbonyl (C=O) groups is 2. The van der Waals surface area contributed by atoms with Gasteiger partial charge in [0.2, 0.25) is 0 Å². The maximum Gasteiger partial charge on any atom is 0.341 e. The molecule has 0 unspecified atom stereocenters. The number of nitrogens with zero attached hydrogens (tertiary/aromatic N) is 1. The normalized spacial score (nSPS) is 10.4. The summed E-state index contributed by atoms with van der Waals surface area (Å²) in [6, 6.07) is 11.6. The van der Waals surface area contributed by atoms with Crippen molar-refractivity contribution in [2.24, 2.45) is 0 Å². The van der Waals surface area contributed by atoms with Gasteiger partial charge in [-0.15, -0.1) is 0 Å². The molecule has 0 aliphatic heterocycles. The Hall–Kier alpha value is -3.22. The molecule has 0 aliphatic carbocycles. The number of benzene rings is 2. The second kappa shape index (κ2) is 8.93. The molecule has 1 N–H and O–H groups in total. The van der Waals surface area contributed by atoms with Gasteiger partial charge in [-0.3, -0.25) is 4.79 Å². The number of anilines is 1. The molecule has 0 spiro atoms. The lowest BCUT2D eigenvalue weighted by molar-refractivity contribution is -0.139. The Morgan fingerprint density at radius 2 is 1.70 bits per heavy atom. The van der Waals surface area contributed by atoms with E-state index in [1.54, 1.807) is 56.6 Å². The van der Waals surface area contributed by atoms with Crippen LogP contribution in [0.2, 0.25) is 0 Å². The number of methoxy groups -OCH3 is 1. The fraction of sp³-hybridized carbons (Fsp3) is 0.300. The first-order valence-corrected chi connectivity index (χ1v) is 8.39. The largest absolute Gasteiger partial charge is 0.497 e. The third-order valence-electron chi connectivity index (χ3n) is 3.67. The quantitative estimate of drug-likeness (QED) is 0.765. The molecule has 2 aromatic carbocycles. The molecule has 2 rings (SSSR count). The number of carboxylic acid groups (broad SMARTS) is 1. The summed E-state index contributed by atoms with van der Waals surface area (Å²) in [6.07, 6.45) is -0.0976. The van der Waals surface area contributed by atoms with Gasteiger partial charge in [0, 0.05) is 18.8 Å². The smallest absolute Gasteiger partial charge is 0.341 e. The standard InChI is InChI=1S/C20H23NO6/c1-13(2)27-18-11-16(25-4)9-10-17(18)20(24)21(3)14-5-7-15(8-6-14)26-12-19(22)23/h5-11,13H,12H2,1-4H3,(H,22,23). The first-order chi connectivity index (χ1) is 12.8. The second-order valence-electron chi connectivity index (χ2n) is 6.07. The van der Waals surface area contributed by atoms with Gasteiger partial charge in [0.05, 0.1) is 18.8 Å². The van der Waals surface area contributed by atoms with Crippen LogP contribution in [0.4, 0.5) is 5.69 Å². The Morgan fingerprint density at radius 3 is 2.26 bits per heavy atom. The average molecular weight is 373 g/mol. The molecular weight excluding hydrogens is 350 g/mol. The van der Waals surface area contributed by atoms with E-state index in [9.17, 15) is 9.59 Å². The van der Waals surface area contributed by atoms with Crippen LogP contribution in [0.15, 0.2) is 42.5 Å². The van der Waals surface area contributed by atoms with E-state index >= 15 is 0 Å². The van der Waals surface area contributed by atoms with Crippen molar-refractivity contribution in [3.63, 3.8) is 0 Å². The fourth-order valence-electron chi connectivity index (χ4n) is 2.37. The van der Waals surface area contributed by atoms with E-state index in [1.165, 1.54) is 4.90 Å². The molecule has 7 heteroatoms. The summed E-state index contributed by atoms with van der Waals surface area (Å²) in [5, 5.41) is 8.64. The van der Waals surface area contributed by atoms with Gasteiger partial charge in [-0.2, -0.15) is 0 Å². The monoisotopic (exact) mass is 373 g/mol. The zero-order valence-corrected chi connectivity index (χ0v) is 15.8. The van der Waals surface area contributed by atoms with E-state index in [4.69, 9.17) is 19.3 Å². The zero-order chi connectivity index (χ0) is 20.0. The molecule has 27 heavy (non-hydrogen) atoms. The summed E-state index contributed by atoms with van der Waals surface area (Å²) in [4.78, 5) is 25.0. The van der Waals surface area contributed by atoms with Crippen molar-refractivity contribution in [3.8, 4) is 17.2 Å². The van der Waals surface area contributed by atoms with Crippen LogP contribution in [-0.4, -0.2) is 43.9 Å². The number of hydrogen-bond donors (Lipinski definition) is 1. The highest BCUT2D eigenvalue weighted by atomic mass is 16.5. The molecule has 7 nitrogen and oxygen atoms in total. The Kier molecular flexibility index (Phi) is 6.65. The summed E-state index contributed by atoms with van der Waals surface area (Å²) in [5.41, 5.74) is 1.05. The lowest BCUT2D eigenvalue weighted by Gasteiger charge is -2.21. The topological polar surface area (TPSA) is 85.3 Å². The minimum absolute atomic E-state index is 0.0976. The third-order valence-corrected chi connectivity index (χ3v) is 3.67. The van der Waals surface area contributed by atoms with E-state index < -0.39 is 12.6 Å². The molecule has 0 heterocycles. The maximum absolute atomic E-state index is 12.9. The van der Waals surface area contributed by atoms with Crippen molar-refractivity contribution in [2.75, 3.05) is 25.7 Å². The van der Waals surface area contributed by atoms with Crippen LogP contribution in [0.25, 0.3) is 0 Å². The summed E-state index contributed by atoms with van der Waals surface area (Å²) in [7, 11) is 3.20. The molecule has 1 amide bonds. The lowest BCUT2D eigenvalue weighted by atomic mass is 10.1. The van der Waals surface area contributed by atoms with Crippen LogP contribution in [0, 0.1) is 0 Å². The summed E-state index contributed by atoms with van der Waals surface area (Å²) < 4.78 is 16.1. The number of rotatable bonds is 8. The van der Waals surface area contributed by atoms with Crippen molar-refractivity contribution in [1.29, 1.82) is 0 Å². The molecule has 0 aliphatic rings. The molecule has 0 saturated heterocycles. The molecule has 0 fully saturated rings. The van der Waals surface area contributed by atoms with Crippen LogP contribution in [-0.2, 0) is 4.79 Å². The van der Waals surface area contributed by atoms with Gasteiger partial charge in [0.15, 0.2) is 6.61 Å². The van der Waals surface area contributed by atoms with Crippen LogP contribution < -0.4 is 19.1 Å². The first kappa shape index (κ1) is 20.1. The molecule has 0 saturated carbocycles. The summed E-state index contributed by atoms with van der Waals surface area (Å²) in [6.45, 7) is 3.34. The molecule has 0 bridgehead atoms. The molecule has 0 atom stereocenters. The van der Waals surface area contributed by atoms with E-state index in [2.05, 4.69) is 0 Å². The Balaban J connectivity index is 2.22. The van der Waals surface area contributed by atoms with Gasteiger partial charge in [-0.25, -0.2) is 4.79 Å². The molecule has 2 aromatic rings. The van der Waals surface area contributed by atoms with Gasteiger partial charge in [0.25, 0.3) is 5.91 Å². The zero-order valence-electron chi connectivity index (χ0n) is 15.8. The Labute approximate surface area is 158 Å². The van der Waals surface area contributed by atoms with Gasteiger partial charge in [-0.05, 0) is 50.2 Å². The van der Waals surface area contributed by atoms with E-state index in [-0.39, 0.29) is 12.0 Å². The minimum atomic E-state index is -1.05. The maximum atomic E-state index is 12.9. The highest BCUT2D eigenvalue weighted by molar-refractivity contribution is 6.07. The second-order valence-corrected chi connectivity index (χ2v) is 6.07.